The normalized spacial score (nSPS) is 12.1. The van der Waals surface area contributed by atoms with Gasteiger partial charge in [-0.05, 0) is 37.1 Å². The van der Waals surface area contributed by atoms with Gasteiger partial charge in [0.15, 0.2) is 0 Å². The number of hydrogen-bond donors (Lipinski definition) is 2. The maximum absolute atomic E-state index is 11.8. The third-order valence-corrected chi connectivity index (χ3v) is 2.81. The zero-order valence-corrected chi connectivity index (χ0v) is 12.5. The Morgan fingerprint density at radius 2 is 1.95 bits per heavy atom. The molecule has 1 amide bonds. The first-order valence-corrected chi connectivity index (χ1v) is 7.08. The maximum atomic E-state index is 11.8. The fourth-order valence-electron chi connectivity index (χ4n) is 1.71. The van der Waals surface area contributed by atoms with Gasteiger partial charge in [-0.2, -0.15) is 0 Å². The van der Waals surface area contributed by atoms with Crippen LogP contribution in [0.3, 0.4) is 0 Å². The van der Waals surface area contributed by atoms with Crippen molar-refractivity contribution in [2.24, 2.45) is 5.73 Å². The van der Waals surface area contributed by atoms with Gasteiger partial charge in [0.25, 0.3) is 0 Å². The second-order valence-electron chi connectivity index (χ2n) is 4.59. The topological polar surface area (TPSA) is 81.4 Å². The lowest BCUT2D eigenvalue weighted by atomic mass is 10.1. The Kier molecular flexibility index (Phi) is 7.18. The molecule has 0 radical (unpaired) electrons. The first kappa shape index (κ1) is 16.9. The fraction of sp³-hybridized carbons (Fsp3) is 0.375. The van der Waals surface area contributed by atoms with Gasteiger partial charge in [-0.15, -0.1) is 0 Å². The highest BCUT2D eigenvalue weighted by Gasteiger charge is 2.11. The number of nitrogens with one attached hydrogen (secondary N) is 1. The molecule has 0 aliphatic rings. The van der Waals surface area contributed by atoms with Crippen molar-refractivity contribution < 1.29 is 14.3 Å². The number of anilines is 1. The van der Waals surface area contributed by atoms with Gasteiger partial charge in [0.1, 0.15) is 0 Å². The fourth-order valence-corrected chi connectivity index (χ4v) is 1.71. The molecule has 1 aromatic carbocycles. The number of rotatable bonds is 7. The number of carbonyl (C=O) groups is 2. The molecule has 0 saturated heterocycles. The smallest absolute Gasteiger partial charge is 0.330 e. The van der Waals surface area contributed by atoms with Crippen molar-refractivity contribution in [3.8, 4) is 0 Å². The Hall–Kier alpha value is -2.14. The van der Waals surface area contributed by atoms with Crippen LogP contribution in [-0.2, 0) is 14.3 Å². The second kappa shape index (κ2) is 8.92. The Morgan fingerprint density at radius 1 is 1.29 bits per heavy atom. The van der Waals surface area contributed by atoms with E-state index in [-0.39, 0.29) is 11.9 Å². The summed E-state index contributed by atoms with van der Waals surface area (Å²) in [5.41, 5.74) is 7.27. The quantitative estimate of drug-likeness (QED) is 0.596. The molecular formula is C16H22N2O3. The minimum absolute atomic E-state index is 0.188. The molecule has 0 saturated carbocycles. The molecule has 0 bridgehead atoms. The molecule has 114 valence electrons. The highest BCUT2D eigenvalue weighted by atomic mass is 16.5. The number of ether oxygens (including phenoxy) is 1. The van der Waals surface area contributed by atoms with Crippen molar-refractivity contribution in [3.63, 3.8) is 0 Å². The largest absolute Gasteiger partial charge is 0.463 e. The minimum atomic E-state index is -0.488. The molecule has 1 unspecified atom stereocenters. The molecule has 3 N–H and O–H groups in total. The van der Waals surface area contributed by atoms with E-state index in [1.165, 1.54) is 6.08 Å². The number of nitrogens with two attached hydrogens (primary N) is 1. The van der Waals surface area contributed by atoms with Crippen molar-refractivity contribution in [2.75, 3.05) is 11.9 Å². The number of hydrogen-bond acceptors (Lipinski definition) is 4. The Morgan fingerprint density at radius 3 is 2.52 bits per heavy atom. The van der Waals surface area contributed by atoms with E-state index >= 15 is 0 Å². The Bertz CT molecular complexity index is 495. The van der Waals surface area contributed by atoms with Gasteiger partial charge in [0.05, 0.1) is 12.6 Å². The number of amides is 1. The van der Waals surface area contributed by atoms with E-state index < -0.39 is 6.04 Å². The molecule has 0 aliphatic heterocycles. The van der Waals surface area contributed by atoms with E-state index in [1.54, 1.807) is 37.3 Å². The average Bonchev–Trinajstić information content (AvgIpc) is 2.47. The SMILES string of the molecule is CCCC(N)C(=O)Nc1ccc(/C=C/C(=O)OCC)cc1. The number of esters is 1. The summed E-state index contributed by atoms with van der Waals surface area (Å²) in [5, 5.41) is 2.76. The maximum Gasteiger partial charge on any atom is 0.330 e. The molecular weight excluding hydrogens is 268 g/mol. The minimum Gasteiger partial charge on any atom is -0.463 e. The predicted octanol–water partition coefficient (Wildman–Crippen LogP) is 2.33. The van der Waals surface area contributed by atoms with Gasteiger partial charge in [0, 0.05) is 11.8 Å². The molecule has 1 aromatic rings. The lowest BCUT2D eigenvalue weighted by Gasteiger charge is -2.11. The van der Waals surface area contributed by atoms with Crippen LogP contribution < -0.4 is 11.1 Å². The van der Waals surface area contributed by atoms with E-state index in [0.717, 1.165) is 12.0 Å². The molecule has 21 heavy (non-hydrogen) atoms. The summed E-state index contributed by atoms with van der Waals surface area (Å²) in [6.45, 7) is 4.09. The Balaban J connectivity index is 2.58. The zero-order valence-electron chi connectivity index (χ0n) is 12.5. The van der Waals surface area contributed by atoms with Crippen molar-refractivity contribution >= 4 is 23.6 Å². The van der Waals surface area contributed by atoms with Crippen molar-refractivity contribution in [1.82, 2.24) is 0 Å². The van der Waals surface area contributed by atoms with Crippen molar-refractivity contribution in [3.05, 3.63) is 35.9 Å². The summed E-state index contributed by atoms with van der Waals surface area (Å²) >= 11 is 0. The van der Waals surface area contributed by atoms with E-state index in [2.05, 4.69) is 5.32 Å². The molecule has 0 spiro atoms. The van der Waals surface area contributed by atoms with Crippen LogP contribution in [-0.4, -0.2) is 24.5 Å². The van der Waals surface area contributed by atoms with Gasteiger partial charge in [0.2, 0.25) is 5.91 Å². The van der Waals surface area contributed by atoms with Gasteiger partial charge in [-0.3, -0.25) is 4.79 Å². The van der Waals surface area contributed by atoms with Crippen LogP contribution in [0, 0.1) is 0 Å². The first-order valence-electron chi connectivity index (χ1n) is 7.08. The molecule has 1 atom stereocenters. The molecule has 0 aromatic heterocycles. The predicted molar refractivity (Wildman–Crippen MR) is 83.6 cm³/mol. The number of carbonyl (C=O) groups excluding carboxylic acids is 2. The summed E-state index contributed by atoms with van der Waals surface area (Å²) in [7, 11) is 0. The van der Waals surface area contributed by atoms with Gasteiger partial charge < -0.3 is 15.8 Å². The molecule has 0 heterocycles. The highest BCUT2D eigenvalue weighted by Crippen LogP contribution is 2.11. The third-order valence-electron chi connectivity index (χ3n) is 2.81. The van der Waals surface area contributed by atoms with Crippen LogP contribution in [0.2, 0.25) is 0 Å². The first-order chi connectivity index (χ1) is 10.1. The molecule has 0 fully saturated rings. The Labute approximate surface area is 125 Å². The summed E-state index contributed by atoms with van der Waals surface area (Å²) in [6.07, 6.45) is 4.55. The van der Waals surface area contributed by atoms with E-state index in [9.17, 15) is 9.59 Å². The lowest BCUT2D eigenvalue weighted by Crippen LogP contribution is -2.35. The van der Waals surface area contributed by atoms with Gasteiger partial charge in [-0.25, -0.2) is 4.79 Å². The molecule has 5 nitrogen and oxygen atoms in total. The standard InChI is InChI=1S/C16H22N2O3/c1-3-5-14(17)16(20)18-13-9-6-12(7-10-13)8-11-15(19)21-4-2/h6-11,14H,3-5,17H2,1-2H3,(H,18,20)/b11-8+. The molecule has 1 rings (SSSR count). The van der Waals surface area contributed by atoms with Crippen LogP contribution in [0.5, 0.6) is 0 Å². The average molecular weight is 290 g/mol. The van der Waals surface area contributed by atoms with E-state index in [4.69, 9.17) is 10.5 Å². The second-order valence-corrected chi connectivity index (χ2v) is 4.59. The highest BCUT2D eigenvalue weighted by molar-refractivity contribution is 5.94. The summed E-state index contributed by atoms with van der Waals surface area (Å²) in [6, 6.07) is 6.65. The van der Waals surface area contributed by atoms with Crippen LogP contribution in [0.15, 0.2) is 30.3 Å². The molecule has 5 heteroatoms. The summed E-state index contributed by atoms with van der Waals surface area (Å²) in [4.78, 5) is 22.9. The van der Waals surface area contributed by atoms with Crippen LogP contribution >= 0.6 is 0 Å². The van der Waals surface area contributed by atoms with E-state index in [1.807, 2.05) is 6.92 Å². The van der Waals surface area contributed by atoms with Crippen LogP contribution in [0.4, 0.5) is 5.69 Å². The van der Waals surface area contributed by atoms with E-state index in [0.29, 0.717) is 18.7 Å². The van der Waals surface area contributed by atoms with Crippen LogP contribution in [0.25, 0.3) is 6.08 Å². The third kappa shape index (κ3) is 6.23. The number of benzene rings is 1. The zero-order chi connectivity index (χ0) is 15.7. The van der Waals surface area contributed by atoms with Gasteiger partial charge >= 0.3 is 5.97 Å². The van der Waals surface area contributed by atoms with Crippen molar-refractivity contribution in [2.45, 2.75) is 32.7 Å². The van der Waals surface area contributed by atoms with Crippen LogP contribution in [0.1, 0.15) is 32.3 Å². The lowest BCUT2D eigenvalue weighted by molar-refractivity contribution is -0.137. The molecule has 0 aliphatic carbocycles. The summed E-state index contributed by atoms with van der Waals surface area (Å²) < 4.78 is 4.79. The monoisotopic (exact) mass is 290 g/mol. The van der Waals surface area contributed by atoms with Crippen molar-refractivity contribution in [1.29, 1.82) is 0 Å². The van der Waals surface area contributed by atoms with Gasteiger partial charge in [-0.1, -0.05) is 25.5 Å². The summed E-state index contributed by atoms with van der Waals surface area (Å²) in [5.74, 6) is -0.563.